The second-order valence-corrected chi connectivity index (χ2v) is 21.0. The smallest absolute Gasteiger partial charge is 0.0468 e. The van der Waals surface area contributed by atoms with Crippen LogP contribution in [0.2, 0.25) is 0 Å². The topological polar surface area (TPSA) is 9.72 Å². The molecule has 0 aliphatic carbocycles. The molecule has 0 aliphatic rings. The molecule has 0 saturated heterocycles. The minimum absolute atomic E-state index is 1.08. The Bertz CT molecular complexity index is 4290. The Kier molecular flexibility index (Phi) is 13.7. The lowest BCUT2D eigenvalue weighted by atomic mass is 9.99. The number of nitrogens with zero attached hydrogens (tertiary/aromatic N) is 3. The summed E-state index contributed by atoms with van der Waals surface area (Å²) in [4.78, 5) is 7.06. The number of fused-ring (bicyclic) bond motifs is 3. The van der Waals surface area contributed by atoms with E-state index < -0.39 is 0 Å². The third kappa shape index (κ3) is 10.4. The molecule has 0 radical (unpaired) electrons. The van der Waals surface area contributed by atoms with E-state index in [0.717, 1.165) is 62.3 Å². The first kappa shape index (κ1) is 50.2. The summed E-state index contributed by atoms with van der Waals surface area (Å²) < 4.78 is 0. The van der Waals surface area contributed by atoms with Crippen molar-refractivity contribution < 1.29 is 0 Å². The van der Waals surface area contributed by atoms with E-state index >= 15 is 0 Å². The van der Waals surface area contributed by atoms with Gasteiger partial charge in [0.1, 0.15) is 0 Å². The van der Waals surface area contributed by atoms with Crippen LogP contribution in [0.15, 0.2) is 346 Å². The molecule has 14 rings (SSSR count). The molecule has 0 spiro atoms. The first-order chi connectivity index (χ1) is 41.1. The number of anilines is 9. The lowest BCUT2D eigenvalue weighted by Gasteiger charge is -2.27. The maximum Gasteiger partial charge on any atom is 0.0468 e. The molecule has 0 N–H and O–H groups in total. The second-order valence-electron chi connectivity index (χ2n) is 21.0. The van der Waals surface area contributed by atoms with Gasteiger partial charge in [0.25, 0.3) is 0 Å². The molecular formula is C80H57N3. The van der Waals surface area contributed by atoms with Gasteiger partial charge in [-0.1, -0.05) is 237 Å². The summed E-state index contributed by atoms with van der Waals surface area (Å²) in [6.07, 6.45) is 0. The van der Waals surface area contributed by atoms with Crippen LogP contribution < -0.4 is 14.7 Å². The highest BCUT2D eigenvalue weighted by atomic mass is 15.2. The van der Waals surface area contributed by atoms with E-state index in [-0.39, 0.29) is 0 Å². The molecule has 0 saturated carbocycles. The summed E-state index contributed by atoms with van der Waals surface area (Å²) in [7, 11) is 0. The van der Waals surface area contributed by atoms with Gasteiger partial charge in [-0.25, -0.2) is 0 Å². The maximum atomic E-state index is 2.36. The van der Waals surface area contributed by atoms with E-state index in [2.05, 4.69) is 360 Å². The van der Waals surface area contributed by atoms with Crippen LogP contribution in [0.5, 0.6) is 0 Å². The number of para-hydroxylation sites is 1. The normalized spacial score (nSPS) is 11.1. The van der Waals surface area contributed by atoms with E-state index in [1.54, 1.807) is 0 Å². The molecule has 392 valence electrons. The SMILES string of the molecule is c1ccc(-c2ccc(N(c3ccc(-c4ccccc4)cc3)c3ccc(-c4ccc(N(c5ccccc5)c5ccc6c(ccc7cc(N(c8ccc(-c9ccccc9)cc8)c8ccc(-c9ccccc9)cc8)ccc76)c5)cc4)cc3)cc2)cc1. The predicted molar refractivity (Wildman–Crippen MR) is 353 cm³/mol. The zero-order valence-corrected chi connectivity index (χ0v) is 45.8. The van der Waals surface area contributed by atoms with Crippen LogP contribution in [0.3, 0.4) is 0 Å². The average Bonchev–Trinajstić information content (AvgIpc) is 3.76. The van der Waals surface area contributed by atoms with Gasteiger partial charge in [-0.15, -0.1) is 0 Å². The lowest BCUT2D eigenvalue weighted by molar-refractivity contribution is 1.28. The molecule has 0 atom stereocenters. The number of hydrogen-bond donors (Lipinski definition) is 0. The zero-order valence-electron chi connectivity index (χ0n) is 45.8. The molecule has 3 heteroatoms. The van der Waals surface area contributed by atoms with Gasteiger partial charge >= 0.3 is 0 Å². The number of hydrogen-bond acceptors (Lipinski definition) is 3. The quantitative estimate of drug-likeness (QED) is 0.101. The monoisotopic (exact) mass is 1060 g/mol. The Hall–Kier alpha value is -11.0. The predicted octanol–water partition coefficient (Wildman–Crippen LogP) is 22.7. The van der Waals surface area contributed by atoms with Gasteiger partial charge in [-0.3, -0.25) is 0 Å². The average molecular weight is 1060 g/mol. The summed E-state index contributed by atoms with van der Waals surface area (Å²) in [6, 6.07) is 125. The van der Waals surface area contributed by atoms with Gasteiger partial charge in [0.2, 0.25) is 0 Å². The minimum Gasteiger partial charge on any atom is -0.311 e. The van der Waals surface area contributed by atoms with Crippen LogP contribution in [0.1, 0.15) is 0 Å². The van der Waals surface area contributed by atoms with E-state index in [1.165, 1.54) is 66.1 Å². The largest absolute Gasteiger partial charge is 0.311 e. The van der Waals surface area contributed by atoms with Gasteiger partial charge in [0, 0.05) is 51.2 Å². The fraction of sp³-hybridized carbons (Fsp3) is 0. The number of benzene rings is 14. The summed E-state index contributed by atoms with van der Waals surface area (Å²) in [5.74, 6) is 0. The van der Waals surface area contributed by atoms with E-state index in [0.29, 0.717) is 0 Å². The molecular weight excluding hydrogens is 1000 g/mol. The van der Waals surface area contributed by atoms with Gasteiger partial charge in [-0.05, 0) is 186 Å². The van der Waals surface area contributed by atoms with Crippen molar-refractivity contribution in [2.24, 2.45) is 0 Å². The van der Waals surface area contributed by atoms with Crippen LogP contribution in [0, 0.1) is 0 Å². The highest BCUT2D eigenvalue weighted by Gasteiger charge is 2.19. The standard InChI is InChI=1S/C80H57N3/c1-6-16-58(17-7-1)62-28-40-71(41-29-62)81(72-42-30-63(31-43-72)59-18-8-2-9-19-59)73-44-36-66(37-45-73)67-38-50-74(51-39-67)82(70-24-14-5-15-25-70)77-52-54-79-68(56-77)26-27-69-57-78(53-55-80(69)79)83(75-46-32-64(33-47-75)60-20-10-3-11-21-60)76-48-34-65(35-49-76)61-22-12-4-13-23-61/h1-57H. The molecule has 83 heavy (non-hydrogen) atoms. The molecule has 0 amide bonds. The molecule has 0 aliphatic heterocycles. The van der Waals surface area contributed by atoms with E-state index in [4.69, 9.17) is 0 Å². The van der Waals surface area contributed by atoms with E-state index in [9.17, 15) is 0 Å². The fourth-order valence-corrected chi connectivity index (χ4v) is 11.6. The van der Waals surface area contributed by atoms with Gasteiger partial charge in [-0.2, -0.15) is 0 Å². The van der Waals surface area contributed by atoms with Crippen LogP contribution in [0.4, 0.5) is 51.2 Å². The number of rotatable bonds is 14. The van der Waals surface area contributed by atoms with Crippen molar-refractivity contribution in [2.75, 3.05) is 14.7 Å². The van der Waals surface area contributed by atoms with Crippen molar-refractivity contribution in [3.63, 3.8) is 0 Å². The third-order valence-corrected chi connectivity index (χ3v) is 15.8. The van der Waals surface area contributed by atoms with Crippen molar-refractivity contribution in [2.45, 2.75) is 0 Å². The van der Waals surface area contributed by atoms with Crippen molar-refractivity contribution in [3.8, 4) is 55.6 Å². The summed E-state index contributed by atoms with van der Waals surface area (Å²) in [5, 5.41) is 4.78. The Labute approximate surface area is 486 Å². The zero-order chi connectivity index (χ0) is 55.3. The van der Waals surface area contributed by atoms with Gasteiger partial charge in [0.05, 0.1) is 0 Å². The van der Waals surface area contributed by atoms with Crippen molar-refractivity contribution >= 4 is 72.7 Å². The highest BCUT2D eigenvalue weighted by Crippen LogP contribution is 2.43. The lowest BCUT2D eigenvalue weighted by Crippen LogP contribution is -2.10. The highest BCUT2D eigenvalue weighted by molar-refractivity contribution is 6.10. The van der Waals surface area contributed by atoms with Crippen LogP contribution in [0.25, 0.3) is 77.2 Å². The molecule has 14 aromatic rings. The molecule has 0 unspecified atom stereocenters. The minimum atomic E-state index is 1.08. The first-order valence-electron chi connectivity index (χ1n) is 28.4. The summed E-state index contributed by atoms with van der Waals surface area (Å²) in [5.41, 5.74) is 21.7. The molecule has 14 aromatic carbocycles. The molecule has 0 aromatic heterocycles. The van der Waals surface area contributed by atoms with Gasteiger partial charge in [0.15, 0.2) is 0 Å². The Morgan fingerprint density at radius 3 is 0.554 bits per heavy atom. The van der Waals surface area contributed by atoms with Crippen molar-refractivity contribution in [1.29, 1.82) is 0 Å². The Morgan fingerprint density at radius 1 is 0.133 bits per heavy atom. The van der Waals surface area contributed by atoms with Crippen molar-refractivity contribution in [1.82, 2.24) is 0 Å². The molecule has 0 fully saturated rings. The maximum absolute atomic E-state index is 2.36. The summed E-state index contributed by atoms with van der Waals surface area (Å²) in [6.45, 7) is 0. The molecule has 3 nitrogen and oxygen atoms in total. The van der Waals surface area contributed by atoms with E-state index in [1.807, 2.05) is 0 Å². The Morgan fingerprint density at radius 2 is 0.313 bits per heavy atom. The van der Waals surface area contributed by atoms with Crippen molar-refractivity contribution in [3.05, 3.63) is 346 Å². The molecule has 0 heterocycles. The molecule has 0 bridgehead atoms. The van der Waals surface area contributed by atoms with Crippen LogP contribution in [-0.2, 0) is 0 Å². The third-order valence-electron chi connectivity index (χ3n) is 15.8. The second kappa shape index (κ2) is 22.6. The van der Waals surface area contributed by atoms with Gasteiger partial charge < -0.3 is 14.7 Å². The summed E-state index contributed by atoms with van der Waals surface area (Å²) >= 11 is 0. The Balaban J connectivity index is 0.760. The van der Waals surface area contributed by atoms with Crippen LogP contribution >= 0.6 is 0 Å². The fourth-order valence-electron chi connectivity index (χ4n) is 11.6. The van der Waals surface area contributed by atoms with Crippen LogP contribution in [-0.4, -0.2) is 0 Å². The first-order valence-corrected chi connectivity index (χ1v) is 28.4.